The van der Waals surface area contributed by atoms with E-state index >= 15 is 0 Å². The van der Waals surface area contributed by atoms with Gasteiger partial charge in [-0.25, -0.2) is 0 Å². The van der Waals surface area contributed by atoms with E-state index in [2.05, 4.69) is 25.8 Å². The van der Waals surface area contributed by atoms with Gasteiger partial charge in [-0.15, -0.1) is 10.2 Å². The summed E-state index contributed by atoms with van der Waals surface area (Å²) < 4.78 is 5.83. The lowest BCUT2D eigenvalue weighted by atomic mass is 10.1. The largest absolute Gasteiger partial charge is 0.416 e. The van der Waals surface area contributed by atoms with Gasteiger partial charge < -0.3 is 15.1 Å². The number of nitrogens with one attached hydrogen (secondary N) is 2. The molecule has 0 aliphatic carbocycles. The van der Waals surface area contributed by atoms with Crippen molar-refractivity contribution in [3.63, 3.8) is 0 Å². The van der Waals surface area contributed by atoms with E-state index in [1.54, 1.807) is 67.0 Å². The van der Waals surface area contributed by atoms with Crippen molar-refractivity contribution in [2.24, 2.45) is 0 Å². The Bertz CT molecular complexity index is 1630. The molecule has 2 amide bonds. The number of amides is 2. The summed E-state index contributed by atoms with van der Waals surface area (Å²) in [5.41, 5.74) is 4.85. The molecule has 3 aromatic carbocycles. The summed E-state index contributed by atoms with van der Waals surface area (Å²) >= 11 is 0. The average Bonchev–Trinajstić information content (AvgIpc) is 3.43. The van der Waals surface area contributed by atoms with Crippen molar-refractivity contribution in [3.05, 3.63) is 120 Å². The van der Waals surface area contributed by atoms with Gasteiger partial charge in [-0.1, -0.05) is 36.4 Å². The van der Waals surface area contributed by atoms with E-state index < -0.39 is 0 Å². The number of nitrogens with zero attached hydrogens (tertiary/aromatic N) is 3. The molecule has 5 rings (SSSR count). The highest BCUT2D eigenvalue weighted by Gasteiger charge is 2.15. The van der Waals surface area contributed by atoms with Gasteiger partial charge in [0.15, 0.2) is 0 Å². The van der Waals surface area contributed by atoms with Crippen molar-refractivity contribution >= 4 is 29.3 Å². The SMILES string of the molecule is Cc1cccc(NC(=O)c2cccc(/C=C/C(=O)Nc3ccccc3-c3nnc(-c4ccncc4)o3)c2)c1. The second-order valence-electron chi connectivity index (χ2n) is 8.47. The summed E-state index contributed by atoms with van der Waals surface area (Å²) in [5, 5.41) is 14.0. The molecule has 186 valence electrons. The number of anilines is 2. The van der Waals surface area contributed by atoms with Crippen LogP contribution in [0.5, 0.6) is 0 Å². The van der Waals surface area contributed by atoms with Crippen molar-refractivity contribution in [2.45, 2.75) is 6.92 Å². The lowest BCUT2D eigenvalue weighted by Gasteiger charge is -2.07. The second kappa shape index (κ2) is 11.1. The quantitative estimate of drug-likeness (QED) is 0.264. The molecule has 0 spiro atoms. The van der Waals surface area contributed by atoms with Crippen molar-refractivity contribution in [2.75, 3.05) is 10.6 Å². The van der Waals surface area contributed by atoms with Crippen LogP contribution in [0.1, 0.15) is 21.5 Å². The molecule has 2 aromatic heterocycles. The number of hydrogen-bond donors (Lipinski definition) is 2. The molecule has 8 heteroatoms. The van der Waals surface area contributed by atoms with Gasteiger partial charge in [-0.05, 0) is 72.7 Å². The van der Waals surface area contributed by atoms with Crippen LogP contribution in [-0.2, 0) is 4.79 Å². The van der Waals surface area contributed by atoms with E-state index in [0.29, 0.717) is 28.3 Å². The van der Waals surface area contributed by atoms with E-state index in [1.807, 2.05) is 43.3 Å². The highest BCUT2D eigenvalue weighted by atomic mass is 16.4. The predicted molar refractivity (Wildman–Crippen MR) is 146 cm³/mol. The Labute approximate surface area is 219 Å². The number of benzene rings is 3. The smallest absolute Gasteiger partial charge is 0.255 e. The third-order valence-corrected chi connectivity index (χ3v) is 5.62. The molecule has 0 unspecified atom stereocenters. The first kappa shape index (κ1) is 24.3. The zero-order valence-corrected chi connectivity index (χ0v) is 20.5. The Balaban J connectivity index is 1.28. The van der Waals surface area contributed by atoms with Gasteiger partial charge in [-0.2, -0.15) is 0 Å². The van der Waals surface area contributed by atoms with Crippen LogP contribution in [0.2, 0.25) is 0 Å². The van der Waals surface area contributed by atoms with E-state index in [4.69, 9.17) is 4.42 Å². The van der Waals surface area contributed by atoms with Crippen LogP contribution in [-0.4, -0.2) is 27.0 Å². The van der Waals surface area contributed by atoms with E-state index in [9.17, 15) is 9.59 Å². The van der Waals surface area contributed by atoms with Crippen LogP contribution in [0.3, 0.4) is 0 Å². The van der Waals surface area contributed by atoms with Crippen LogP contribution >= 0.6 is 0 Å². The Kier molecular flexibility index (Phi) is 7.13. The maximum atomic E-state index is 12.7. The number of aryl methyl sites for hydroxylation is 1. The highest BCUT2D eigenvalue weighted by molar-refractivity contribution is 6.06. The number of carbonyl (C=O) groups excluding carboxylic acids is 2. The summed E-state index contributed by atoms with van der Waals surface area (Å²) in [7, 11) is 0. The number of para-hydroxylation sites is 1. The number of aromatic nitrogens is 3. The number of carbonyl (C=O) groups is 2. The molecule has 38 heavy (non-hydrogen) atoms. The monoisotopic (exact) mass is 501 g/mol. The minimum absolute atomic E-state index is 0.227. The molecule has 0 fully saturated rings. The molecule has 0 atom stereocenters. The van der Waals surface area contributed by atoms with Gasteiger partial charge in [0.05, 0.1) is 11.3 Å². The fraction of sp³-hybridized carbons (Fsp3) is 0.0333. The van der Waals surface area contributed by atoms with Gasteiger partial charge in [0, 0.05) is 35.3 Å². The average molecular weight is 502 g/mol. The van der Waals surface area contributed by atoms with Gasteiger partial charge in [0.1, 0.15) is 0 Å². The molecule has 0 saturated heterocycles. The summed E-state index contributed by atoms with van der Waals surface area (Å²) in [5.74, 6) is 0.0645. The Hall–Kier alpha value is -5.37. The number of pyridine rings is 1. The molecule has 2 heterocycles. The standard InChI is InChI=1S/C30H23N5O3/c1-20-6-4-9-24(18-20)32-28(37)23-8-5-7-21(19-23)12-13-27(36)33-26-11-3-2-10-25(26)30-35-34-29(38-30)22-14-16-31-17-15-22/h2-19H,1H3,(H,32,37)(H,33,36)/b13-12+. The van der Waals surface area contributed by atoms with Crippen LogP contribution in [0, 0.1) is 6.92 Å². The maximum absolute atomic E-state index is 12.7. The fourth-order valence-electron chi connectivity index (χ4n) is 3.78. The predicted octanol–water partition coefficient (Wildman–Crippen LogP) is 6.01. The Morgan fingerprint density at radius 1 is 0.816 bits per heavy atom. The molecule has 8 nitrogen and oxygen atoms in total. The first-order valence-corrected chi connectivity index (χ1v) is 11.9. The summed E-state index contributed by atoms with van der Waals surface area (Å²) in [6, 6.07) is 25.4. The first-order valence-electron chi connectivity index (χ1n) is 11.9. The summed E-state index contributed by atoms with van der Waals surface area (Å²) in [4.78, 5) is 29.4. The normalized spacial score (nSPS) is 10.9. The van der Waals surface area contributed by atoms with Crippen LogP contribution < -0.4 is 10.6 Å². The molecule has 0 radical (unpaired) electrons. The third kappa shape index (κ3) is 5.88. The molecule has 0 aliphatic heterocycles. The topological polar surface area (TPSA) is 110 Å². The van der Waals surface area contributed by atoms with Crippen LogP contribution in [0.15, 0.2) is 108 Å². The molecular formula is C30H23N5O3. The van der Waals surface area contributed by atoms with Crippen molar-refractivity contribution < 1.29 is 14.0 Å². The van der Waals surface area contributed by atoms with Gasteiger partial charge >= 0.3 is 0 Å². The first-order chi connectivity index (χ1) is 18.5. The van der Waals surface area contributed by atoms with E-state index in [1.165, 1.54) is 6.08 Å². The van der Waals surface area contributed by atoms with E-state index in [0.717, 1.165) is 16.8 Å². The van der Waals surface area contributed by atoms with Crippen molar-refractivity contribution in [1.82, 2.24) is 15.2 Å². The van der Waals surface area contributed by atoms with Gasteiger partial charge in [0.25, 0.3) is 5.91 Å². The minimum Gasteiger partial charge on any atom is -0.416 e. The van der Waals surface area contributed by atoms with Gasteiger partial charge in [0.2, 0.25) is 17.7 Å². The second-order valence-corrected chi connectivity index (χ2v) is 8.47. The third-order valence-electron chi connectivity index (χ3n) is 5.62. The molecule has 0 aliphatic rings. The van der Waals surface area contributed by atoms with Gasteiger partial charge in [-0.3, -0.25) is 14.6 Å². The van der Waals surface area contributed by atoms with E-state index in [-0.39, 0.29) is 17.7 Å². The molecular weight excluding hydrogens is 478 g/mol. The lowest BCUT2D eigenvalue weighted by Crippen LogP contribution is -2.12. The Morgan fingerprint density at radius 2 is 1.61 bits per heavy atom. The summed E-state index contributed by atoms with van der Waals surface area (Å²) in [6.45, 7) is 1.96. The Morgan fingerprint density at radius 3 is 2.45 bits per heavy atom. The molecule has 0 bridgehead atoms. The zero-order chi connectivity index (χ0) is 26.3. The molecule has 2 N–H and O–H groups in total. The number of rotatable bonds is 7. The number of hydrogen-bond acceptors (Lipinski definition) is 6. The highest BCUT2D eigenvalue weighted by Crippen LogP contribution is 2.29. The maximum Gasteiger partial charge on any atom is 0.255 e. The zero-order valence-electron chi connectivity index (χ0n) is 20.5. The summed E-state index contributed by atoms with van der Waals surface area (Å²) in [6.07, 6.45) is 6.35. The fourth-order valence-corrected chi connectivity index (χ4v) is 3.78. The molecule has 5 aromatic rings. The van der Waals surface area contributed by atoms with Crippen molar-refractivity contribution in [3.8, 4) is 22.9 Å². The van der Waals surface area contributed by atoms with Crippen LogP contribution in [0.4, 0.5) is 11.4 Å². The molecule has 0 saturated carbocycles. The minimum atomic E-state index is -0.346. The van der Waals surface area contributed by atoms with Crippen LogP contribution in [0.25, 0.3) is 29.0 Å². The van der Waals surface area contributed by atoms with Crippen molar-refractivity contribution in [1.29, 1.82) is 0 Å². The lowest BCUT2D eigenvalue weighted by molar-refractivity contribution is -0.111.